The predicted octanol–water partition coefficient (Wildman–Crippen LogP) is 2.25. The number of carboxylic acid groups (broad SMARTS) is 1. The number of hydrogen-bond acceptors (Lipinski definition) is 1. The molecule has 0 heterocycles. The van der Waals surface area contributed by atoms with Crippen LogP contribution in [0.4, 0.5) is 4.39 Å². The average molecular weight is 194 g/mol. The quantitative estimate of drug-likeness (QED) is 0.784. The number of carboxylic acids is 1. The summed E-state index contributed by atoms with van der Waals surface area (Å²) in [6.45, 7) is 1.65. The fraction of sp³-hybridized carbons (Fsp3) is 0.364. The molecule has 2 nitrogen and oxygen atoms in total. The minimum atomic E-state index is -0.802. The van der Waals surface area contributed by atoms with Crippen LogP contribution >= 0.6 is 0 Å². The molecule has 14 heavy (non-hydrogen) atoms. The Morgan fingerprint density at radius 2 is 2.14 bits per heavy atom. The zero-order valence-corrected chi connectivity index (χ0v) is 7.88. The first-order valence-electron chi connectivity index (χ1n) is 4.56. The van der Waals surface area contributed by atoms with Crippen LogP contribution in [-0.2, 0) is 10.2 Å². The molecule has 1 aromatic carbocycles. The van der Waals surface area contributed by atoms with Crippen LogP contribution in [0.3, 0.4) is 0 Å². The first-order valence-corrected chi connectivity index (χ1v) is 4.56. The normalized spacial score (nSPS) is 17.9. The van der Waals surface area contributed by atoms with Gasteiger partial charge in [0.25, 0.3) is 0 Å². The highest BCUT2D eigenvalue weighted by Crippen LogP contribution is 2.48. The van der Waals surface area contributed by atoms with Gasteiger partial charge in [0.2, 0.25) is 0 Å². The van der Waals surface area contributed by atoms with Crippen molar-refractivity contribution in [1.82, 2.24) is 0 Å². The molecule has 74 valence electrons. The summed E-state index contributed by atoms with van der Waals surface area (Å²) in [7, 11) is 0. The standard InChI is InChI=1S/C11H11FO2/c1-7-6-8(2-3-9(7)12)11(4-5-11)10(13)14/h2-3,6H,4-5H2,1H3,(H,13,14). The summed E-state index contributed by atoms with van der Waals surface area (Å²) in [5.41, 5.74) is 0.511. The van der Waals surface area contributed by atoms with Crippen molar-refractivity contribution < 1.29 is 14.3 Å². The third kappa shape index (κ3) is 1.20. The van der Waals surface area contributed by atoms with E-state index in [1.54, 1.807) is 19.1 Å². The van der Waals surface area contributed by atoms with Crippen molar-refractivity contribution in [2.45, 2.75) is 25.2 Å². The van der Waals surface area contributed by atoms with Gasteiger partial charge in [0.15, 0.2) is 0 Å². The molecule has 1 N–H and O–H groups in total. The molecular formula is C11H11FO2. The SMILES string of the molecule is Cc1cc(C2(C(=O)O)CC2)ccc1F. The van der Waals surface area contributed by atoms with E-state index in [-0.39, 0.29) is 5.82 Å². The first kappa shape index (κ1) is 9.19. The maximum absolute atomic E-state index is 13.0. The molecule has 1 fully saturated rings. The Morgan fingerprint density at radius 1 is 1.50 bits per heavy atom. The number of aliphatic carboxylic acids is 1. The van der Waals surface area contributed by atoms with Crippen molar-refractivity contribution >= 4 is 5.97 Å². The highest BCUT2D eigenvalue weighted by Gasteiger charge is 2.51. The van der Waals surface area contributed by atoms with Crippen molar-refractivity contribution in [2.24, 2.45) is 0 Å². The Hall–Kier alpha value is -1.38. The number of rotatable bonds is 2. The van der Waals surface area contributed by atoms with E-state index in [4.69, 9.17) is 5.11 Å². The van der Waals surface area contributed by atoms with E-state index in [2.05, 4.69) is 0 Å². The third-order valence-electron chi connectivity index (χ3n) is 2.87. The number of hydrogen-bond donors (Lipinski definition) is 1. The van der Waals surface area contributed by atoms with Gasteiger partial charge in [-0.3, -0.25) is 4.79 Å². The maximum atomic E-state index is 13.0. The third-order valence-corrected chi connectivity index (χ3v) is 2.87. The molecule has 1 aliphatic carbocycles. The molecule has 0 aromatic heterocycles. The number of benzene rings is 1. The van der Waals surface area contributed by atoms with Crippen molar-refractivity contribution in [3.8, 4) is 0 Å². The van der Waals surface area contributed by atoms with Crippen LogP contribution in [0.5, 0.6) is 0 Å². The molecule has 0 bridgehead atoms. The van der Waals surface area contributed by atoms with E-state index < -0.39 is 11.4 Å². The van der Waals surface area contributed by atoms with Crippen LogP contribution in [0, 0.1) is 12.7 Å². The number of aryl methyl sites for hydroxylation is 1. The lowest BCUT2D eigenvalue weighted by atomic mass is 9.95. The molecule has 1 aromatic rings. The second kappa shape index (κ2) is 2.80. The van der Waals surface area contributed by atoms with Crippen molar-refractivity contribution in [3.05, 3.63) is 35.1 Å². The number of halogens is 1. The molecule has 3 heteroatoms. The van der Waals surface area contributed by atoms with Gasteiger partial charge in [0.05, 0.1) is 5.41 Å². The molecule has 0 amide bonds. The van der Waals surface area contributed by atoms with Gasteiger partial charge in [-0.25, -0.2) is 4.39 Å². The van der Waals surface area contributed by atoms with Gasteiger partial charge < -0.3 is 5.11 Å². The zero-order valence-electron chi connectivity index (χ0n) is 7.88. The Bertz CT molecular complexity index is 394. The molecule has 0 unspecified atom stereocenters. The Balaban J connectivity index is 2.43. The molecule has 0 radical (unpaired) electrons. The smallest absolute Gasteiger partial charge is 0.314 e. The van der Waals surface area contributed by atoms with Crippen LogP contribution in [0.2, 0.25) is 0 Å². The van der Waals surface area contributed by atoms with E-state index in [1.165, 1.54) is 6.07 Å². The fourth-order valence-corrected chi connectivity index (χ4v) is 1.69. The van der Waals surface area contributed by atoms with Gasteiger partial charge in [0.1, 0.15) is 5.82 Å². The van der Waals surface area contributed by atoms with Crippen molar-refractivity contribution in [3.63, 3.8) is 0 Å². The summed E-state index contributed by atoms with van der Waals surface area (Å²) >= 11 is 0. The summed E-state index contributed by atoms with van der Waals surface area (Å²) in [5, 5.41) is 9.02. The van der Waals surface area contributed by atoms with Crippen molar-refractivity contribution in [1.29, 1.82) is 0 Å². The largest absolute Gasteiger partial charge is 0.481 e. The van der Waals surface area contributed by atoms with Crippen molar-refractivity contribution in [2.75, 3.05) is 0 Å². The predicted molar refractivity (Wildman–Crippen MR) is 49.7 cm³/mol. The van der Waals surface area contributed by atoms with Crippen LogP contribution in [0.15, 0.2) is 18.2 Å². The summed E-state index contributed by atoms with van der Waals surface area (Å²) in [6.07, 6.45) is 1.32. The topological polar surface area (TPSA) is 37.3 Å². The van der Waals surface area contributed by atoms with Gasteiger partial charge in [-0.1, -0.05) is 12.1 Å². The van der Waals surface area contributed by atoms with Gasteiger partial charge in [0, 0.05) is 0 Å². The van der Waals surface area contributed by atoms with Gasteiger partial charge in [-0.2, -0.15) is 0 Å². The van der Waals surface area contributed by atoms with Gasteiger partial charge in [-0.05, 0) is 37.0 Å². The maximum Gasteiger partial charge on any atom is 0.314 e. The van der Waals surface area contributed by atoms with Gasteiger partial charge >= 0.3 is 5.97 Å². The minimum Gasteiger partial charge on any atom is -0.481 e. The zero-order chi connectivity index (χ0) is 10.3. The molecular weight excluding hydrogens is 183 g/mol. The Kier molecular flexibility index (Phi) is 1.84. The first-order chi connectivity index (χ1) is 6.56. The molecule has 2 rings (SSSR count). The van der Waals surface area contributed by atoms with Crippen LogP contribution in [0.25, 0.3) is 0 Å². The number of carbonyl (C=O) groups is 1. The lowest BCUT2D eigenvalue weighted by Gasteiger charge is -2.10. The summed E-state index contributed by atoms with van der Waals surface area (Å²) < 4.78 is 13.0. The highest BCUT2D eigenvalue weighted by atomic mass is 19.1. The van der Waals surface area contributed by atoms with E-state index in [1.807, 2.05) is 0 Å². The Morgan fingerprint density at radius 3 is 2.57 bits per heavy atom. The lowest BCUT2D eigenvalue weighted by molar-refractivity contribution is -0.140. The molecule has 0 spiro atoms. The molecule has 0 atom stereocenters. The average Bonchev–Trinajstić information content (AvgIpc) is 2.90. The van der Waals surface area contributed by atoms with Crippen LogP contribution < -0.4 is 0 Å². The summed E-state index contributed by atoms with van der Waals surface area (Å²) in [4.78, 5) is 11.0. The van der Waals surface area contributed by atoms with E-state index in [0.29, 0.717) is 18.4 Å². The fourth-order valence-electron chi connectivity index (χ4n) is 1.69. The second-order valence-corrected chi connectivity index (χ2v) is 3.85. The molecule has 1 aliphatic rings. The molecule has 0 saturated heterocycles. The van der Waals surface area contributed by atoms with E-state index in [9.17, 15) is 9.18 Å². The minimum absolute atomic E-state index is 0.282. The second-order valence-electron chi connectivity index (χ2n) is 3.85. The van der Waals surface area contributed by atoms with E-state index in [0.717, 1.165) is 5.56 Å². The highest BCUT2D eigenvalue weighted by molar-refractivity contribution is 5.84. The van der Waals surface area contributed by atoms with Gasteiger partial charge in [-0.15, -0.1) is 0 Å². The van der Waals surface area contributed by atoms with Crippen LogP contribution in [-0.4, -0.2) is 11.1 Å². The summed E-state index contributed by atoms with van der Waals surface area (Å²) in [6, 6.07) is 4.55. The van der Waals surface area contributed by atoms with E-state index >= 15 is 0 Å². The Labute approximate surface area is 81.4 Å². The summed E-state index contributed by atoms with van der Waals surface area (Å²) in [5.74, 6) is -1.08. The molecule has 1 saturated carbocycles. The van der Waals surface area contributed by atoms with Crippen LogP contribution in [0.1, 0.15) is 24.0 Å². The monoisotopic (exact) mass is 194 g/mol. The molecule has 0 aliphatic heterocycles. The lowest BCUT2D eigenvalue weighted by Crippen LogP contribution is -2.19.